The van der Waals surface area contributed by atoms with Crippen molar-refractivity contribution in [3.05, 3.63) is 47.5 Å². The van der Waals surface area contributed by atoms with Crippen LogP contribution in [0.2, 0.25) is 0 Å². The third kappa shape index (κ3) is 3.77. The first-order chi connectivity index (χ1) is 11.3. The summed E-state index contributed by atoms with van der Waals surface area (Å²) in [5.41, 5.74) is 0.567. The van der Waals surface area contributed by atoms with E-state index in [1.165, 1.54) is 38.5 Å². The Morgan fingerprint density at radius 1 is 1.04 bits per heavy atom. The molecule has 0 aliphatic rings. The first-order valence-electron chi connectivity index (χ1n) is 6.86. The van der Waals surface area contributed by atoms with E-state index in [0.717, 1.165) is 6.07 Å². The molecule has 2 N–H and O–H groups in total. The fraction of sp³-hybridized carbons (Fsp3) is 0.188. The quantitative estimate of drug-likeness (QED) is 0.829. The van der Waals surface area contributed by atoms with Crippen molar-refractivity contribution in [2.75, 3.05) is 18.9 Å². The topological polar surface area (TPSA) is 102 Å². The number of aromatic carboxylic acids is 1. The van der Waals surface area contributed by atoms with Crippen LogP contribution in [0.3, 0.4) is 0 Å². The van der Waals surface area contributed by atoms with Crippen molar-refractivity contribution in [1.82, 2.24) is 0 Å². The highest BCUT2D eigenvalue weighted by Gasteiger charge is 2.20. The third-order valence-electron chi connectivity index (χ3n) is 3.33. The first kappa shape index (κ1) is 17.6. The van der Waals surface area contributed by atoms with Gasteiger partial charge >= 0.3 is 5.97 Å². The second kappa shape index (κ2) is 6.79. The molecule has 0 aliphatic heterocycles. The van der Waals surface area contributed by atoms with Crippen molar-refractivity contribution in [2.24, 2.45) is 0 Å². The first-order valence-corrected chi connectivity index (χ1v) is 8.35. The molecule has 2 rings (SSSR count). The van der Waals surface area contributed by atoms with Crippen LogP contribution in [0, 0.1) is 6.92 Å². The number of anilines is 1. The molecule has 0 aromatic heterocycles. The zero-order valence-corrected chi connectivity index (χ0v) is 14.2. The van der Waals surface area contributed by atoms with Gasteiger partial charge in [-0.15, -0.1) is 0 Å². The summed E-state index contributed by atoms with van der Waals surface area (Å²) in [6.07, 6.45) is 0. The monoisotopic (exact) mass is 351 g/mol. The van der Waals surface area contributed by atoms with Gasteiger partial charge in [0.2, 0.25) is 0 Å². The largest absolute Gasteiger partial charge is 0.497 e. The second-order valence-electron chi connectivity index (χ2n) is 4.99. The van der Waals surface area contributed by atoms with Gasteiger partial charge in [0.05, 0.1) is 30.4 Å². The SMILES string of the molecule is COc1cc(NS(=O)(=O)c2cc(C(=O)O)ccc2C)cc(OC)c1. The number of rotatable bonds is 6. The Morgan fingerprint density at radius 3 is 2.12 bits per heavy atom. The summed E-state index contributed by atoms with van der Waals surface area (Å²) in [6, 6.07) is 8.52. The van der Waals surface area contributed by atoms with Crippen LogP contribution >= 0.6 is 0 Å². The van der Waals surface area contributed by atoms with E-state index in [0.29, 0.717) is 17.1 Å². The number of sulfonamides is 1. The van der Waals surface area contributed by atoms with E-state index in [1.807, 2.05) is 0 Å². The number of carboxylic acids is 1. The summed E-state index contributed by atoms with van der Waals surface area (Å²) >= 11 is 0. The Hall–Kier alpha value is -2.74. The number of nitrogens with one attached hydrogen (secondary N) is 1. The molecule has 0 atom stereocenters. The number of benzene rings is 2. The summed E-state index contributed by atoms with van der Waals surface area (Å²) in [5.74, 6) is -0.361. The van der Waals surface area contributed by atoms with Gasteiger partial charge in [-0.05, 0) is 24.6 Å². The van der Waals surface area contributed by atoms with E-state index in [4.69, 9.17) is 14.6 Å². The van der Waals surface area contributed by atoms with Gasteiger partial charge in [-0.2, -0.15) is 0 Å². The molecule has 2 aromatic carbocycles. The Balaban J connectivity index is 2.46. The normalized spacial score (nSPS) is 11.0. The minimum atomic E-state index is -3.97. The van der Waals surface area contributed by atoms with E-state index in [-0.39, 0.29) is 16.1 Å². The summed E-state index contributed by atoms with van der Waals surface area (Å²) in [6.45, 7) is 1.59. The number of hydrogen-bond donors (Lipinski definition) is 2. The molecule has 0 unspecified atom stereocenters. The summed E-state index contributed by atoms with van der Waals surface area (Å²) in [7, 11) is -1.07. The minimum absolute atomic E-state index is 0.107. The molecule has 0 spiro atoms. The number of carboxylic acid groups (broad SMARTS) is 1. The minimum Gasteiger partial charge on any atom is -0.497 e. The lowest BCUT2D eigenvalue weighted by atomic mass is 10.1. The average Bonchev–Trinajstić information content (AvgIpc) is 2.53. The van der Waals surface area contributed by atoms with Crippen LogP contribution in [0.1, 0.15) is 15.9 Å². The zero-order chi connectivity index (χ0) is 17.9. The predicted octanol–water partition coefficient (Wildman–Crippen LogP) is 2.51. The van der Waals surface area contributed by atoms with Gasteiger partial charge in [-0.1, -0.05) is 6.07 Å². The fourth-order valence-electron chi connectivity index (χ4n) is 2.10. The number of hydrogen-bond acceptors (Lipinski definition) is 5. The highest BCUT2D eigenvalue weighted by Crippen LogP contribution is 2.28. The van der Waals surface area contributed by atoms with Gasteiger partial charge < -0.3 is 14.6 Å². The van der Waals surface area contributed by atoms with Gasteiger partial charge in [-0.25, -0.2) is 13.2 Å². The van der Waals surface area contributed by atoms with Crippen LogP contribution in [-0.2, 0) is 10.0 Å². The fourth-order valence-corrected chi connectivity index (χ4v) is 3.41. The van der Waals surface area contributed by atoms with Crippen molar-refractivity contribution in [3.63, 3.8) is 0 Å². The number of carbonyl (C=O) groups is 1. The van der Waals surface area contributed by atoms with E-state index in [2.05, 4.69) is 4.72 Å². The van der Waals surface area contributed by atoms with Crippen LogP contribution in [0.4, 0.5) is 5.69 Å². The molecule has 8 heteroatoms. The van der Waals surface area contributed by atoms with Crippen molar-refractivity contribution in [2.45, 2.75) is 11.8 Å². The van der Waals surface area contributed by atoms with Gasteiger partial charge in [-0.3, -0.25) is 4.72 Å². The highest BCUT2D eigenvalue weighted by molar-refractivity contribution is 7.92. The van der Waals surface area contributed by atoms with E-state index >= 15 is 0 Å². The Bertz CT molecular complexity index is 854. The summed E-state index contributed by atoms with van der Waals surface area (Å²) < 4.78 is 37.8. The summed E-state index contributed by atoms with van der Waals surface area (Å²) in [5, 5.41) is 9.04. The van der Waals surface area contributed by atoms with Gasteiger partial charge in [0.1, 0.15) is 11.5 Å². The third-order valence-corrected chi connectivity index (χ3v) is 4.85. The number of ether oxygens (including phenoxy) is 2. The van der Waals surface area contributed by atoms with E-state index < -0.39 is 16.0 Å². The molecule has 128 valence electrons. The van der Waals surface area contributed by atoms with Crippen LogP contribution in [0.15, 0.2) is 41.3 Å². The molecule has 0 bridgehead atoms. The maximum Gasteiger partial charge on any atom is 0.335 e. The average molecular weight is 351 g/mol. The molecule has 2 aromatic rings. The lowest BCUT2D eigenvalue weighted by Crippen LogP contribution is -2.15. The molecule has 0 amide bonds. The molecule has 0 fully saturated rings. The molecule has 7 nitrogen and oxygen atoms in total. The summed E-state index contributed by atoms with van der Waals surface area (Å²) in [4.78, 5) is 11.0. The zero-order valence-electron chi connectivity index (χ0n) is 13.4. The number of aryl methyl sites for hydroxylation is 1. The van der Waals surface area contributed by atoms with Crippen molar-refractivity contribution < 1.29 is 27.8 Å². The second-order valence-corrected chi connectivity index (χ2v) is 6.64. The van der Waals surface area contributed by atoms with Crippen LogP contribution in [0.5, 0.6) is 11.5 Å². The van der Waals surface area contributed by atoms with Crippen molar-refractivity contribution in [1.29, 1.82) is 0 Å². The maximum absolute atomic E-state index is 12.6. The molecule has 0 saturated heterocycles. The highest BCUT2D eigenvalue weighted by atomic mass is 32.2. The Morgan fingerprint density at radius 2 is 1.62 bits per heavy atom. The Labute approximate surface area is 139 Å². The van der Waals surface area contributed by atoms with E-state index in [9.17, 15) is 13.2 Å². The standard InChI is InChI=1S/C16H17NO6S/c1-10-4-5-11(16(18)19)6-15(10)24(20,21)17-12-7-13(22-2)9-14(8-12)23-3/h4-9,17H,1-3H3,(H,18,19). The maximum atomic E-state index is 12.6. The Kier molecular flexibility index (Phi) is 4.99. The van der Waals surface area contributed by atoms with Gasteiger partial charge in [0.25, 0.3) is 10.0 Å². The van der Waals surface area contributed by atoms with Crippen molar-refractivity contribution in [3.8, 4) is 11.5 Å². The van der Waals surface area contributed by atoms with E-state index in [1.54, 1.807) is 13.0 Å². The van der Waals surface area contributed by atoms with Crippen molar-refractivity contribution >= 4 is 21.7 Å². The predicted molar refractivity (Wildman–Crippen MR) is 88.5 cm³/mol. The molecule has 0 saturated carbocycles. The van der Waals surface area contributed by atoms with Gasteiger partial charge in [0, 0.05) is 18.2 Å². The lowest BCUT2D eigenvalue weighted by Gasteiger charge is -2.13. The molecule has 0 aliphatic carbocycles. The van der Waals surface area contributed by atoms with Crippen LogP contribution in [-0.4, -0.2) is 33.7 Å². The van der Waals surface area contributed by atoms with Crippen LogP contribution < -0.4 is 14.2 Å². The lowest BCUT2D eigenvalue weighted by molar-refractivity contribution is 0.0696. The molecule has 0 radical (unpaired) electrons. The number of methoxy groups -OCH3 is 2. The van der Waals surface area contributed by atoms with Crippen LogP contribution in [0.25, 0.3) is 0 Å². The van der Waals surface area contributed by atoms with Gasteiger partial charge in [0.15, 0.2) is 0 Å². The molecule has 24 heavy (non-hydrogen) atoms. The smallest absolute Gasteiger partial charge is 0.335 e. The molecular weight excluding hydrogens is 334 g/mol. The molecule has 0 heterocycles. The molecular formula is C16H17NO6S.